The van der Waals surface area contributed by atoms with Crippen molar-refractivity contribution in [1.82, 2.24) is 0 Å². The van der Waals surface area contributed by atoms with Crippen LogP contribution in [0.3, 0.4) is 0 Å². The van der Waals surface area contributed by atoms with E-state index in [1.54, 1.807) is 0 Å². The molecule has 0 unspecified atom stereocenters. The van der Waals surface area contributed by atoms with Gasteiger partial charge < -0.3 is 14.1 Å². The summed E-state index contributed by atoms with van der Waals surface area (Å²) >= 11 is 0. The molecule has 1 aliphatic carbocycles. The van der Waals surface area contributed by atoms with Gasteiger partial charge in [0.1, 0.15) is 11.2 Å². The molecule has 0 atom stereocenters. The van der Waals surface area contributed by atoms with Gasteiger partial charge in [-0.15, -0.1) is 0 Å². The van der Waals surface area contributed by atoms with Gasteiger partial charge in [0.05, 0.1) is 0 Å². The molecule has 0 spiro atoms. The number of hydrogen-bond donors (Lipinski definition) is 0. The van der Waals surface area contributed by atoms with Crippen molar-refractivity contribution in [1.29, 1.82) is 0 Å². The Balaban J connectivity index is 1.11. The number of anilines is 5. The molecule has 0 radical (unpaired) electrons. The van der Waals surface area contributed by atoms with Gasteiger partial charge in [-0.1, -0.05) is 173 Å². The molecule has 0 saturated carbocycles. The van der Waals surface area contributed by atoms with Crippen LogP contribution in [-0.4, -0.2) is 6.85 Å². The van der Waals surface area contributed by atoms with Crippen molar-refractivity contribution in [2.75, 3.05) is 9.71 Å². The van der Waals surface area contributed by atoms with Crippen LogP contribution in [0.15, 0.2) is 211 Å². The van der Waals surface area contributed by atoms with E-state index in [1.165, 1.54) is 99.7 Å². The monoisotopic (exact) mass is 912 g/mol. The van der Waals surface area contributed by atoms with E-state index in [0.717, 1.165) is 46.5 Å². The van der Waals surface area contributed by atoms with Crippen LogP contribution in [0.4, 0.5) is 28.4 Å². The molecule has 340 valence electrons. The fraction of sp³-hybridized carbons (Fsp3) is 0.134. The molecule has 0 N–H and O–H groups in total. The van der Waals surface area contributed by atoms with Crippen LogP contribution in [0.1, 0.15) is 57.2 Å². The lowest BCUT2D eigenvalue weighted by molar-refractivity contribution is 0.332. The SMILES string of the molecule is Cc1cc(-c2ccccc2)ccc1N1c2cc3oc4cc5c(cc4c3cc2B2c3c(cc(-c4ccccc4)cc31)-c1c(ccc3ccccc13)N2c1ccc(-c2ccccc2)cc1)C(C)(C)CCC5(C)C. The van der Waals surface area contributed by atoms with E-state index in [1.807, 2.05) is 0 Å². The number of furan rings is 1. The Bertz CT molecular complexity index is 3950. The quantitative estimate of drug-likeness (QED) is 0.160. The van der Waals surface area contributed by atoms with Crippen LogP contribution in [0.2, 0.25) is 0 Å². The Hall–Kier alpha value is -8.08. The Morgan fingerprint density at radius 1 is 0.437 bits per heavy atom. The summed E-state index contributed by atoms with van der Waals surface area (Å²) in [7, 11) is 0. The largest absolute Gasteiger partial charge is 0.456 e. The fourth-order valence-electron chi connectivity index (χ4n) is 12.6. The van der Waals surface area contributed by atoms with Crippen LogP contribution >= 0.6 is 0 Å². The van der Waals surface area contributed by atoms with Crippen molar-refractivity contribution < 1.29 is 4.42 Å². The highest BCUT2D eigenvalue weighted by Gasteiger charge is 2.47. The van der Waals surface area contributed by atoms with E-state index in [2.05, 4.69) is 251 Å². The smallest absolute Gasteiger partial charge is 0.333 e. The van der Waals surface area contributed by atoms with Crippen LogP contribution in [0.5, 0.6) is 0 Å². The van der Waals surface area contributed by atoms with E-state index in [-0.39, 0.29) is 17.7 Å². The molecule has 0 fully saturated rings. The zero-order chi connectivity index (χ0) is 47.8. The minimum Gasteiger partial charge on any atom is -0.456 e. The number of aryl methyl sites for hydroxylation is 1. The molecule has 4 heteroatoms. The number of nitrogens with zero attached hydrogens (tertiary/aromatic N) is 2. The standard InChI is InChI=1S/C67H53BN2O/c1-42-35-48(44-19-11-7-12-20-44)28-31-58(42)69-60-41-63-53(52-38-55-56(40-62(52)71-63)67(4,5)34-33-66(55,2)3)39-57(60)68-65-54(36-49(37-61(65)69)45-21-13-8-14-22-45)64-51-24-16-15-23-47(51)27-32-59(64)70(68)50-29-25-46(26-30-50)43-17-9-6-10-18-43/h6-32,35-41H,33-34H2,1-5H3. The highest BCUT2D eigenvalue weighted by atomic mass is 16.3. The maximum Gasteiger partial charge on any atom is 0.333 e. The lowest BCUT2D eigenvalue weighted by Gasteiger charge is -2.46. The van der Waals surface area contributed by atoms with Crippen LogP contribution in [0.25, 0.3) is 77.2 Å². The maximum absolute atomic E-state index is 7.16. The minimum atomic E-state index is -0.182. The molecule has 1 aromatic heterocycles. The Morgan fingerprint density at radius 3 is 1.69 bits per heavy atom. The van der Waals surface area contributed by atoms with E-state index in [9.17, 15) is 0 Å². The predicted molar refractivity (Wildman–Crippen MR) is 301 cm³/mol. The second-order valence-electron chi connectivity index (χ2n) is 21.6. The van der Waals surface area contributed by atoms with Crippen molar-refractivity contribution >= 4 is 78.9 Å². The summed E-state index contributed by atoms with van der Waals surface area (Å²) in [4.78, 5) is 5.21. The number of fused-ring (bicyclic) bond motifs is 10. The fourth-order valence-corrected chi connectivity index (χ4v) is 12.6. The second kappa shape index (κ2) is 15.5. The zero-order valence-electron chi connectivity index (χ0n) is 40.9. The second-order valence-corrected chi connectivity index (χ2v) is 21.6. The van der Waals surface area contributed by atoms with Gasteiger partial charge in [0.15, 0.2) is 0 Å². The van der Waals surface area contributed by atoms with Gasteiger partial charge in [-0.3, -0.25) is 0 Å². The highest BCUT2D eigenvalue weighted by Crippen LogP contribution is 2.53. The molecule has 14 rings (SSSR count). The molecule has 3 heterocycles. The molecule has 10 aromatic carbocycles. The number of rotatable bonds is 5. The van der Waals surface area contributed by atoms with Gasteiger partial charge in [0.25, 0.3) is 0 Å². The van der Waals surface area contributed by atoms with Gasteiger partial charge in [0.2, 0.25) is 0 Å². The Labute approximate surface area is 416 Å². The maximum atomic E-state index is 7.16. The highest BCUT2D eigenvalue weighted by molar-refractivity contribution is 6.94. The molecular weight excluding hydrogens is 860 g/mol. The van der Waals surface area contributed by atoms with Crippen molar-refractivity contribution in [3.63, 3.8) is 0 Å². The summed E-state index contributed by atoms with van der Waals surface area (Å²) in [5.74, 6) is 0. The number of hydrogen-bond acceptors (Lipinski definition) is 3. The summed E-state index contributed by atoms with van der Waals surface area (Å²) in [6, 6.07) is 77.0. The van der Waals surface area contributed by atoms with Gasteiger partial charge in [0, 0.05) is 50.8 Å². The summed E-state index contributed by atoms with van der Waals surface area (Å²) in [6.07, 6.45) is 2.30. The Kier molecular flexibility index (Phi) is 9.12. The van der Waals surface area contributed by atoms with E-state index in [0.29, 0.717) is 0 Å². The Morgan fingerprint density at radius 2 is 1.00 bits per heavy atom. The molecule has 0 saturated heterocycles. The molecule has 3 nitrogen and oxygen atoms in total. The third-order valence-corrected chi connectivity index (χ3v) is 16.4. The molecule has 3 aliphatic rings. The lowest BCUT2D eigenvalue weighted by atomic mass is 9.43. The minimum absolute atomic E-state index is 0.0555. The summed E-state index contributed by atoms with van der Waals surface area (Å²) < 4.78 is 7.16. The van der Waals surface area contributed by atoms with Gasteiger partial charge in [-0.05, 0) is 163 Å². The van der Waals surface area contributed by atoms with E-state index >= 15 is 0 Å². The van der Waals surface area contributed by atoms with Crippen LogP contribution in [-0.2, 0) is 10.8 Å². The van der Waals surface area contributed by atoms with Gasteiger partial charge >= 0.3 is 6.85 Å². The van der Waals surface area contributed by atoms with Crippen molar-refractivity contribution in [2.45, 2.75) is 58.3 Å². The average Bonchev–Trinajstić information content (AvgIpc) is 3.76. The van der Waals surface area contributed by atoms with Gasteiger partial charge in [-0.2, -0.15) is 0 Å². The summed E-state index contributed by atoms with van der Waals surface area (Å²) in [5, 5.41) is 4.82. The first kappa shape index (κ1) is 41.9. The molecular formula is C67H53BN2O. The molecule has 0 bridgehead atoms. The lowest BCUT2D eigenvalue weighted by Crippen LogP contribution is -2.61. The third-order valence-electron chi connectivity index (χ3n) is 16.4. The van der Waals surface area contributed by atoms with Gasteiger partial charge in [-0.25, -0.2) is 0 Å². The summed E-state index contributed by atoms with van der Waals surface area (Å²) in [5.41, 5.74) is 24.1. The van der Waals surface area contributed by atoms with Crippen LogP contribution in [0, 0.1) is 6.92 Å². The zero-order valence-corrected chi connectivity index (χ0v) is 40.9. The predicted octanol–water partition coefficient (Wildman–Crippen LogP) is 17.1. The average molecular weight is 913 g/mol. The van der Waals surface area contributed by atoms with Crippen molar-refractivity contribution in [2.24, 2.45) is 0 Å². The molecule has 71 heavy (non-hydrogen) atoms. The number of benzene rings is 10. The molecule has 11 aromatic rings. The van der Waals surface area contributed by atoms with Crippen LogP contribution < -0.4 is 20.6 Å². The molecule has 0 amide bonds. The third kappa shape index (κ3) is 6.43. The van der Waals surface area contributed by atoms with E-state index < -0.39 is 0 Å². The van der Waals surface area contributed by atoms with E-state index in [4.69, 9.17) is 4.42 Å². The normalized spacial score (nSPS) is 15.1. The summed E-state index contributed by atoms with van der Waals surface area (Å²) in [6.45, 7) is 11.7. The van der Waals surface area contributed by atoms with Crippen molar-refractivity contribution in [3.05, 3.63) is 223 Å². The molecule has 2 aliphatic heterocycles. The first-order valence-corrected chi connectivity index (χ1v) is 25.3. The first-order chi connectivity index (χ1) is 34.6. The topological polar surface area (TPSA) is 19.6 Å². The first-order valence-electron chi connectivity index (χ1n) is 25.3. The van der Waals surface area contributed by atoms with Crippen molar-refractivity contribution in [3.8, 4) is 44.5 Å².